The molecule has 3 aromatic rings. The van der Waals surface area contributed by atoms with E-state index in [0.717, 1.165) is 35.6 Å². The van der Waals surface area contributed by atoms with Crippen LogP contribution in [0.5, 0.6) is 0 Å². The lowest BCUT2D eigenvalue weighted by atomic mass is 10.1. The average Bonchev–Trinajstić information content (AvgIpc) is 3.47. The number of halogens is 3. The fourth-order valence-electron chi connectivity index (χ4n) is 5.34. The Morgan fingerprint density at radius 2 is 1.63 bits per heavy atom. The number of nitrogens with zero attached hydrogens (tertiary/aromatic N) is 2. The van der Waals surface area contributed by atoms with Crippen molar-refractivity contribution >= 4 is 62.3 Å². The van der Waals surface area contributed by atoms with Crippen LogP contribution in [-0.4, -0.2) is 43.8 Å². The van der Waals surface area contributed by atoms with Gasteiger partial charge in [-0.05, 0) is 80.6 Å². The van der Waals surface area contributed by atoms with E-state index in [1.54, 1.807) is 55.5 Å². The van der Waals surface area contributed by atoms with Crippen LogP contribution in [0, 0.1) is 13.8 Å². The van der Waals surface area contributed by atoms with Crippen LogP contribution in [0.2, 0.25) is 15.1 Å². The highest BCUT2D eigenvalue weighted by Crippen LogP contribution is 2.32. The number of hydrogen-bond acceptors (Lipinski definition) is 4. The maximum atomic E-state index is 14.3. The van der Waals surface area contributed by atoms with E-state index < -0.39 is 28.5 Å². The molecule has 4 rings (SSSR count). The monoisotopic (exact) mass is 663 g/mol. The van der Waals surface area contributed by atoms with E-state index in [1.807, 2.05) is 13.8 Å². The third kappa shape index (κ3) is 7.85. The van der Waals surface area contributed by atoms with E-state index in [1.165, 1.54) is 17.0 Å². The van der Waals surface area contributed by atoms with E-state index in [0.29, 0.717) is 32.6 Å². The first-order valence-electron chi connectivity index (χ1n) is 14.3. The topological polar surface area (TPSA) is 86.8 Å². The second-order valence-corrected chi connectivity index (χ2v) is 14.0. The summed E-state index contributed by atoms with van der Waals surface area (Å²) in [6, 6.07) is 15.5. The Balaban J connectivity index is 1.76. The molecular weight excluding hydrogens is 629 g/mol. The Kier molecular flexibility index (Phi) is 11.0. The Morgan fingerprint density at radius 1 is 0.953 bits per heavy atom. The van der Waals surface area contributed by atoms with Gasteiger partial charge in [0.2, 0.25) is 11.8 Å². The molecule has 43 heavy (non-hydrogen) atoms. The van der Waals surface area contributed by atoms with Gasteiger partial charge >= 0.3 is 0 Å². The SMILES string of the molecule is CC[C@H](C(=O)NC1CCCC1)N(Cc1ccc(Cl)cc1Cl)C(=O)CN(c1cccc(Cl)c1C)S(=O)(=O)c1ccc(C)cc1. The van der Waals surface area contributed by atoms with Gasteiger partial charge in [0.25, 0.3) is 10.0 Å². The molecule has 0 spiro atoms. The number of anilines is 1. The minimum Gasteiger partial charge on any atom is -0.352 e. The molecule has 0 aromatic heterocycles. The van der Waals surface area contributed by atoms with Crippen LogP contribution in [0.1, 0.15) is 55.7 Å². The molecule has 0 saturated heterocycles. The third-order valence-corrected chi connectivity index (χ3v) is 10.6. The molecule has 1 aliphatic rings. The Morgan fingerprint density at radius 3 is 2.26 bits per heavy atom. The van der Waals surface area contributed by atoms with Gasteiger partial charge in [-0.25, -0.2) is 8.42 Å². The quantitative estimate of drug-likeness (QED) is 0.233. The number of amides is 2. The molecule has 1 atom stereocenters. The molecule has 3 aromatic carbocycles. The van der Waals surface area contributed by atoms with Crippen molar-refractivity contribution in [1.29, 1.82) is 0 Å². The number of nitrogens with one attached hydrogen (secondary N) is 1. The number of sulfonamides is 1. The van der Waals surface area contributed by atoms with Gasteiger partial charge in [0.05, 0.1) is 10.6 Å². The van der Waals surface area contributed by atoms with E-state index in [-0.39, 0.29) is 29.1 Å². The number of hydrogen-bond donors (Lipinski definition) is 1. The highest BCUT2D eigenvalue weighted by molar-refractivity contribution is 7.92. The molecule has 1 fully saturated rings. The predicted molar refractivity (Wildman–Crippen MR) is 173 cm³/mol. The highest BCUT2D eigenvalue weighted by atomic mass is 35.5. The molecular formula is C32H36Cl3N3O4S. The van der Waals surface area contributed by atoms with Gasteiger partial charge in [-0.15, -0.1) is 0 Å². The van der Waals surface area contributed by atoms with Crippen molar-refractivity contribution < 1.29 is 18.0 Å². The Hall–Kier alpha value is -2.78. The second-order valence-electron chi connectivity index (χ2n) is 10.9. The molecule has 1 N–H and O–H groups in total. The normalized spacial score (nSPS) is 14.4. The average molecular weight is 665 g/mol. The van der Waals surface area contributed by atoms with Crippen molar-refractivity contribution in [2.24, 2.45) is 0 Å². The molecule has 230 valence electrons. The van der Waals surface area contributed by atoms with Crippen LogP contribution < -0.4 is 9.62 Å². The summed E-state index contributed by atoms with van der Waals surface area (Å²) in [6.45, 7) is 4.81. The van der Waals surface area contributed by atoms with E-state index in [9.17, 15) is 18.0 Å². The Bertz CT molecular complexity index is 1580. The molecule has 1 aliphatic carbocycles. The lowest BCUT2D eigenvalue weighted by Crippen LogP contribution is -2.53. The van der Waals surface area contributed by atoms with Gasteiger partial charge in [0, 0.05) is 27.7 Å². The van der Waals surface area contributed by atoms with Gasteiger partial charge in [0.1, 0.15) is 12.6 Å². The first-order valence-corrected chi connectivity index (χ1v) is 16.9. The standard InChI is InChI=1S/C32H36Cl3N3O4S/c1-4-29(32(40)36-25-8-5-6-9-25)37(19-23-14-15-24(33)18-28(23)35)31(39)20-38(30-11-7-10-27(34)22(30)3)43(41,42)26-16-12-21(2)13-17-26/h7,10-18,25,29H,4-6,8-9,19-20H2,1-3H3,(H,36,40)/t29-/m1/s1. The second kappa shape index (κ2) is 14.3. The summed E-state index contributed by atoms with van der Waals surface area (Å²) in [5, 5.41) is 4.24. The molecule has 0 radical (unpaired) electrons. The minimum atomic E-state index is -4.21. The number of benzene rings is 3. The summed E-state index contributed by atoms with van der Waals surface area (Å²) < 4.78 is 29.3. The predicted octanol–water partition coefficient (Wildman–Crippen LogP) is 7.33. The molecule has 0 bridgehead atoms. The zero-order valence-electron chi connectivity index (χ0n) is 24.4. The molecule has 0 aliphatic heterocycles. The highest BCUT2D eigenvalue weighted by Gasteiger charge is 2.35. The number of aryl methyl sites for hydroxylation is 1. The summed E-state index contributed by atoms with van der Waals surface area (Å²) in [5.41, 5.74) is 2.25. The Labute approximate surface area is 269 Å². The fourth-order valence-corrected chi connectivity index (χ4v) is 7.45. The smallest absolute Gasteiger partial charge is 0.264 e. The van der Waals surface area contributed by atoms with Crippen molar-refractivity contribution in [1.82, 2.24) is 10.2 Å². The largest absolute Gasteiger partial charge is 0.352 e. The van der Waals surface area contributed by atoms with E-state index >= 15 is 0 Å². The van der Waals surface area contributed by atoms with Gasteiger partial charge in [0.15, 0.2) is 0 Å². The summed E-state index contributed by atoms with van der Waals surface area (Å²) in [5.74, 6) is -0.839. The lowest BCUT2D eigenvalue weighted by Gasteiger charge is -2.34. The van der Waals surface area contributed by atoms with Crippen LogP contribution in [0.3, 0.4) is 0 Å². The van der Waals surface area contributed by atoms with E-state index in [4.69, 9.17) is 34.8 Å². The van der Waals surface area contributed by atoms with Crippen LogP contribution in [0.15, 0.2) is 65.6 Å². The van der Waals surface area contributed by atoms with Crippen molar-refractivity contribution in [3.8, 4) is 0 Å². The third-order valence-electron chi connectivity index (χ3n) is 7.84. The molecule has 2 amide bonds. The first-order chi connectivity index (χ1) is 20.4. The van der Waals surface area contributed by atoms with Crippen molar-refractivity contribution in [2.75, 3.05) is 10.8 Å². The van der Waals surface area contributed by atoms with Crippen molar-refractivity contribution in [3.05, 3.63) is 92.4 Å². The summed E-state index contributed by atoms with van der Waals surface area (Å²) in [4.78, 5) is 29.4. The zero-order chi connectivity index (χ0) is 31.3. The summed E-state index contributed by atoms with van der Waals surface area (Å²) >= 11 is 19.0. The van der Waals surface area contributed by atoms with E-state index in [2.05, 4.69) is 5.32 Å². The van der Waals surface area contributed by atoms with Gasteiger partial charge in [-0.3, -0.25) is 13.9 Å². The molecule has 11 heteroatoms. The van der Waals surface area contributed by atoms with Crippen molar-refractivity contribution in [3.63, 3.8) is 0 Å². The van der Waals surface area contributed by atoms with Gasteiger partial charge in [-0.1, -0.05) is 84.4 Å². The molecule has 7 nitrogen and oxygen atoms in total. The van der Waals surface area contributed by atoms with Crippen LogP contribution in [0.4, 0.5) is 5.69 Å². The molecule has 1 saturated carbocycles. The van der Waals surface area contributed by atoms with Gasteiger partial charge in [-0.2, -0.15) is 0 Å². The number of rotatable bonds is 11. The number of carbonyl (C=O) groups is 2. The van der Waals surface area contributed by atoms with Crippen LogP contribution in [0.25, 0.3) is 0 Å². The lowest BCUT2D eigenvalue weighted by molar-refractivity contribution is -0.140. The minimum absolute atomic E-state index is 0.0155. The maximum absolute atomic E-state index is 14.3. The summed E-state index contributed by atoms with van der Waals surface area (Å²) in [7, 11) is -4.21. The van der Waals surface area contributed by atoms with Crippen molar-refractivity contribution in [2.45, 2.75) is 76.4 Å². The molecule has 0 unspecified atom stereocenters. The first kappa shape index (κ1) is 33.1. The maximum Gasteiger partial charge on any atom is 0.264 e. The van der Waals surface area contributed by atoms with Crippen LogP contribution in [-0.2, 0) is 26.2 Å². The summed E-state index contributed by atoms with van der Waals surface area (Å²) in [6.07, 6.45) is 4.16. The number of carbonyl (C=O) groups excluding carboxylic acids is 2. The van der Waals surface area contributed by atoms with Gasteiger partial charge < -0.3 is 10.2 Å². The van der Waals surface area contributed by atoms with Crippen LogP contribution >= 0.6 is 34.8 Å². The molecule has 0 heterocycles. The zero-order valence-corrected chi connectivity index (χ0v) is 27.5. The fraction of sp³-hybridized carbons (Fsp3) is 0.375.